The zero-order valence-corrected chi connectivity index (χ0v) is 20.2. The zero-order chi connectivity index (χ0) is 26.5. The quantitative estimate of drug-likeness (QED) is 0.306. The first-order chi connectivity index (χ1) is 18.5. The lowest BCUT2D eigenvalue weighted by molar-refractivity contribution is -0.173. The average Bonchev–Trinajstić information content (AvgIpc) is 3.23. The topological polar surface area (TPSA) is 102 Å². The molecule has 5 rings (SSSR count). The van der Waals surface area contributed by atoms with Crippen LogP contribution in [0, 0.1) is 0 Å². The summed E-state index contributed by atoms with van der Waals surface area (Å²) in [6.07, 6.45) is 0. The van der Waals surface area contributed by atoms with E-state index in [1.54, 1.807) is 36.4 Å². The molecule has 1 unspecified atom stereocenters. The van der Waals surface area contributed by atoms with Crippen molar-refractivity contribution in [3.63, 3.8) is 0 Å². The number of aliphatic hydroxyl groups excluding tert-OH is 1. The van der Waals surface area contributed by atoms with Gasteiger partial charge in [-0.2, -0.15) is 0 Å². The van der Waals surface area contributed by atoms with E-state index in [2.05, 4.69) is 0 Å². The number of carbonyl (C=O) groups excluding carboxylic acids is 2. The van der Waals surface area contributed by atoms with E-state index in [1.165, 1.54) is 24.3 Å². The maximum absolute atomic E-state index is 13.8. The number of rotatable bonds is 8. The number of esters is 2. The molecule has 2 N–H and O–H groups in total. The molecule has 0 spiro atoms. The lowest BCUT2D eigenvalue weighted by Crippen LogP contribution is -2.39. The Morgan fingerprint density at radius 3 is 1.92 bits per heavy atom. The molecule has 0 saturated heterocycles. The first-order valence-electron chi connectivity index (χ1n) is 11.9. The van der Waals surface area contributed by atoms with Crippen molar-refractivity contribution in [3.05, 3.63) is 137 Å². The van der Waals surface area contributed by atoms with E-state index < -0.39 is 23.3 Å². The summed E-state index contributed by atoms with van der Waals surface area (Å²) < 4.78 is 17.1. The highest BCUT2D eigenvalue weighted by Crippen LogP contribution is 2.48. The van der Waals surface area contributed by atoms with E-state index in [0.717, 1.165) is 11.1 Å². The zero-order valence-electron chi connectivity index (χ0n) is 20.2. The fraction of sp³-hybridized carbons (Fsp3) is 0.0968. The largest absolute Gasteiger partial charge is 0.508 e. The second-order valence-electron chi connectivity index (χ2n) is 8.70. The minimum Gasteiger partial charge on any atom is -0.508 e. The van der Waals surface area contributed by atoms with Crippen LogP contribution in [-0.2, 0) is 37.9 Å². The summed E-state index contributed by atoms with van der Waals surface area (Å²) in [6.45, 7) is 0.278. The van der Waals surface area contributed by atoms with Crippen LogP contribution < -0.4 is 4.74 Å². The lowest BCUT2D eigenvalue weighted by atomic mass is 9.82. The Morgan fingerprint density at radius 1 is 0.737 bits per heavy atom. The summed E-state index contributed by atoms with van der Waals surface area (Å²) in [5.41, 5.74) is 0.160. The minimum absolute atomic E-state index is 0.0174. The van der Waals surface area contributed by atoms with Gasteiger partial charge in [0.2, 0.25) is 5.76 Å². The van der Waals surface area contributed by atoms with Gasteiger partial charge in [0, 0.05) is 5.56 Å². The van der Waals surface area contributed by atoms with E-state index in [0.29, 0.717) is 17.9 Å². The van der Waals surface area contributed by atoms with Gasteiger partial charge in [-0.05, 0) is 41.0 Å². The molecule has 0 radical (unpaired) electrons. The van der Waals surface area contributed by atoms with Crippen molar-refractivity contribution in [3.8, 4) is 11.5 Å². The maximum atomic E-state index is 13.8. The van der Waals surface area contributed by atoms with Gasteiger partial charge in [0.25, 0.3) is 5.60 Å². The standard InChI is InChI=1S/C31H24O7/c32-25-15-11-23(12-16-25)27-28(33)29(34)38-31(27,30(35)37-20-22-9-5-2-6-10-22)24-13-17-26(18-14-24)36-19-21-7-3-1-4-8-21/h1-18,32-33H,19-20H2. The molecule has 190 valence electrons. The summed E-state index contributed by atoms with van der Waals surface area (Å²) in [5, 5.41) is 20.6. The molecule has 1 heterocycles. The Balaban J connectivity index is 1.51. The van der Waals surface area contributed by atoms with Crippen molar-refractivity contribution < 1.29 is 34.0 Å². The van der Waals surface area contributed by atoms with Gasteiger partial charge < -0.3 is 24.4 Å². The molecule has 1 aliphatic heterocycles. The van der Waals surface area contributed by atoms with E-state index >= 15 is 0 Å². The van der Waals surface area contributed by atoms with Gasteiger partial charge in [0.1, 0.15) is 24.7 Å². The number of ether oxygens (including phenoxy) is 3. The van der Waals surface area contributed by atoms with Crippen LogP contribution in [0.2, 0.25) is 0 Å². The fourth-order valence-electron chi connectivity index (χ4n) is 4.29. The van der Waals surface area contributed by atoms with Gasteiger partial charge in [-0.25, -0.2) is 9.59 Å². The van der Waals surface area contributed by atoms with Crippen molar-refractivity contribution in [1.82, 2.24) is 0 Å². The summed E-state index contributed by atoms with van der Waals surface area (Å²) in [5.74, 6) is -2.13. The van der Waals surface area contributed by atoms with Crippen LogP contribution in [0.5, 0.6) is 11.5 Å². The third-order valence-electron chi connectivity index (χ3n) is 6.19. The average molecular weight is 509 g/mol. The summed E-state index contributed by atoms with van der Waals surface area (Å²) in [6, 6.07) is 31.0. The molecule has 0 aliphatic carbocycles. The van der Waals surface area contributed by atoms with Crippen LogP contribution in [0.1, 0.15) is 22.3 Å². The number of aliphatic hydroxyl groups is 1. The maximum Gasteiger partial charge on any atom is 0.375 e. The molecule has 0 amide bonds. The third kappa shape index (κ3) is 4.82. The minimum atomic E-state index is -2.08. The number of hydrogen-bond donors (Lipinski definition) is 2. The fourth-order valence-corrected chi connectivity index (χ4v) is 4.29. The molecule has 38 heavy (non-hydrogen) atoms. The highest BCUT2D eigenvalue weighted by molar-refractivity contribution is 6.11. The number of carbonyl (C=O) groups is 2. The van der Waals surface area contributed by atoms with Crippen LogP contribution in [0.15, 0.2) is 115 Å². The number of hydrogen-bond acceptors (Lipinski definition) is 7. The molecule has 1 atom stereocenters. The number of cyclic esters (lactones) is 1. The molecule has 0 aromatic heterocycles. The molecular formula is C31H24O7. The van der Waals surface area contributed by atoms with Crippen LogP contribution in [-0.4, -0.2) is 22.2 Å². The van der Waals surface area contributed by atoms with Crippen LogP contribution in [0.4, 0.5) is 0 Å². The molecule has 0 saturated carbocycles. The smallest absolute Gasteiger partial charge is 0.375 e. The van der Waals surface area contributed by atoms with Gasteiger partial charge in [-0.1, -0.05) is 84.9 Å². The van der Waals surface area contributed by atoms with Crippen LogP contribution in [0.25, 0.3) is 5.57 Å². The monoisotopic (exact) mass is 508 g/mol. The van der Waals surface area contributed by atoms with Gasteiger partial charge in [-0.3, -0.25) is 0 Å². The predicted octanol–water partition coefficient (Wildman–Crippen LogP) is 5.44. The van der Waals surface area contributed by atoms with Crippen molar-refractivity contribution >= 4 is 17.5 Å². The molecule has 1 aliphatic rings. The number of benzene rings is 4. The van der Waals surface area contributed by atoms with Gasteiger partial charge in [0.05, 0.1) is 5.57 Å². The predicted molar refractivity (Wildman–Crippen MR) is 139 cm³/mol. The third-order valence-corrected chi connectivity index (χ3v) is 6.19. The molecule has 0 fully saturated rings. The van der Waals surface area contributed by atoms with Gasteiger partial charge >= 0.3 is 11.9 Å². The number of phenols is 1. The molecule has 7 nitrogen and oxygen atoms in total. The van der Waals surface area contributed by atoms with Crippen molar-refractivity contribution in [1.29, 1.82) is 0 Å². The van der Waals surface area contributed by atoms with E-state index in [-0.39, 0.29) is 23.5 Å². The second kappa shape index (κ2) is 10.5. The van der Waals surface area contributed by atoms with E-state index in [4.69, 9.17) is 14.2 Å². The SMILES string of the molecule is O=C1OC(C(=O)OCc2ccccc2)(c2ccc(OCc3ccccc3)cc2)C(c2ccc(O)cc2)=C1O. The van der Waals surface area contributed by atoms with Crippen molar-refractivity contribution in [2.45, 2.75) is 18.8 Å². The Hall–Kier alpha value is -5.04. The normalized spacial score (nSPS) is 16.7. The van der Waals surface area contributed by atoms with Crippen LogP contribution >= 0.6 is 0 Å². The molecule has 4 aromatic carbocycles. The number of aromatic hydroxyl groups is 1. The van der Waals surface area contributed by atoms with Crippen LogP contribution in [0.3, 0.4) is 0 Å². The molecule has 0 bridgehead atoms. The Morgan fingerprint density at radius 2 is 1.32 bits per heavy atom. The first kappa shape index (κ1) is 24.6. The Labute approximate surface area is 219 Å². The summed E-state index contributed by atoms with van der Waals surface area (Å²) in [7, 11) is 0. The van der Waals surface area contributed by atoms with Crippen molar-refractivity contribution in [2.75, 3.05) is 0 Å². The number of phenolic OH excluding ortho intramolecular Hbond substituents is 1. The highest BCUT2D eigenvalue weighted by atomic mass is 16.6. The first-order valence-corrected chi connectivity index (χ1v) is 11.9. The second-order valence-corrected chi connectivity index (χ2v) is 8.70. The molecular weight excluding hydrogens is 484 g/mol. The molecule has 7 heteroatoms. The summed E-state index contributed by atoms with van der Waals surface area (Å²) >= 11 is 0. The summed E-state index contributed by atoms with van der Waals surface area (Å²) in [4.78, 5) is 26.5. The highest BCUT2D eigenvalue weighted by Gasteiger charge is 2.57. The lowest BCUT2D eigenvalue weighted by Gasteiger charge is -2.29. The molecule has 4 aromatic rings. The van der Waals surface area contributed by atoms with E-state index in [1.807, 2.05) is 48.5 Å². The Kier molecular flexibility index (Phi) is 6.82. The Bertz CT molecular complexity index is 1460. The van der Waals surface area contributed by atoms with Crippen molar-refractivity contribution in [2.24, 2.45) is 0 Å². The van der Waals surface area contributed by atoms with E-state index in [9.17, 15) is 19.8 Å². The van der Waals surface area contributed by atoms with Gasteiger partial charge in [0.15, 0.2) is 0 Å². The van der Waals surface area contributed by atoms with Gasteiger partial charge in [-0.15, -0.1) is 0 Å².